The Balaban J connectivity index is 1.24. The lowest BCUT2D eigenvalue weighted by atomic mass is 9.98. The fraction of sp³-hybridized carbons (Fsp3) is 0.423. The van der Waals surface area contributed by atoms with Gasteiger partial charge in [0.05, 0.1) is 6.42 Å². The van der Waals surface area contributed by atoms with Gasteiger partial charge >= 0.3 is 12.1 Å². The SMILES string of the molecule is C[C@H](CC(=O)O)NC(=O)C[C@H]1CC[C@@H](NC(=O)OCC2c3ccccc3-c3ccccc32)C1. The fourth-order valence-corrected chi connectivity index (χ4v) is 5.11. The number of rotatable bonds is 8. The maximum absolute atomic E-state index is 12.5. The first-order valence-electron chi connectivity index (χ1n) is 11.5. The van der Waals surface area contributed by atoms with Crippen molar-refractivity contribution in [1.29, 1.82) is 0 Å². The highest BCUT2D eigenvalue weighted by atomic mass is 16.5. The van der Waals surface area contributed by atoms with Crippen molar-refractivity contribution in [2.24, 2.45) is 5.92 Å². The first-order chi connectivity index (χ1) is 15.9. The molecule has 2 aliphatic rings. The van der Waals surface area contributed by atoms with Crippen molar-refractivity contribution < 1.29 is 24.2 Å². The molecule has 4 rings (SSSR count). The van der Waals surface area contributed by atoms with Crippen molar-refractivity contribution in [2.75, 3.05) is 6.61 Å². The van der Waals surface area contributed by atoms with E-state index in [1.54, 1.807) is 6.92 Å². The molecular formula is C26H30N2O5. The zero-order chi connectivity index (χ0) is 23.4. The minimum Gasteiger partial charge on any atom is -0.481 e. The van der Waals surface area contributed by atoms with Crippen molar-refractivity contribution >= 4 is 18.0 Å². The van der Waals surface area contributed by atoms with Crippen molar-refractivity contribution in [2.45, 2.75) is 57.0 Å². The summed E-state index contributed by atoms with van der Waals surface area (Å²) in [5, 5.41) is 14.5. The van der Waals surface area contributed by atoms with E-state index in [1.165, 1.54) is 22.3 Å². The highest BCUT2D eigenvalue weighted by molar-refractivity contribution is 5.79. The molecule has 0 radical (unpaired) electrons. The molecule has 2 amide bonds. The molecule has 0 aromatic heterocycles. The number of hydrogen-bond acceptors (Lipinski definition) is 4. The molecule has 2 aliphatic carbocycles. The van der Waals surface area contributed by atoms with Crippen LogP contribution in [-0.4, -0.2) is 41.8 Å². The molecule has 33 heavy (non-hydrogen) atoms. The number of amides is 2. The molecule has 0 unspecified atom stereocenters. The Labute approximate surface area is 193 Å². The molecule has 174 valence electrons. The largest absolute Gasteiger partial charge is 0.481 e. The lowest BCUT2D eigenvalue weighted by Gasteiger charge is -2.17. The van der Waals surface area contributed by atoms with E-state index < -0.39 is 18.1 Å². The van der Waals surface area contributed by atoms with Crippen LogP contribution >= 0.6 is 0 Å². The van der Waals surface area contributed by atoms with Gasteiger partial charge in [0, 0.05) is 24.4 Å². The molecular weight excluding hydrogens is 420 g/mol. The van der Waals surface area contributed by atoms with Crippen molar-refractivity contribution in [3.63, 3.8) is 0 Å². The molecule has 0 saturated heterocycles. The number of ether oxygens (including phenoxy) is 1. The Morgan fingerprint density at radius 1 is 1.03 bits per heavy atom. The van der Waals surface area contributed by atoms with E-state index >= 15 is 0 Å². The number of fused-ring (bicyclic) bond motifs is 3. The number of carbonyl (C=O) groups excluding carboxylic acids is 2. The van der Waals surface area contributed by atoms with Gasteiger partial charge in [-0.1, -0.05) is 48.5 Å². The van der Waals surface area contributed by atoms with Gasteiger partial charge in [0.25, 0.3) is 0 Å². The third-order valence-corrected chi connectivity index (χ3v) is 6.57. The second-order valence-electron chi connectivity index (χ2n) is 9.12. The molecule has 0 aliphatic heterocycles. The molecule has 2 aromatic rings. The summed E-state index contributed by atoms with van der Waals surface area (Å²) in [5.74, 6) is -0.886. The average molecular weight is 451 g/mol. The number of carboxylic acids is 1. The summed E-state index contributed by atoms with van der Waals surface area (Å²) >= 11 is 0. The van der Waals surface area contributed by atoms with Gasteiger partial charge in [0.15, 0.2) is 0 Å². The summed E-state index contributed by atoms with van der Waals surface area (Å²) in [6.07, 6.45) is 2.17. The van der Waals surface area contributed by atoms with Crippen LogP contribution < -0.4 is 10.6 Å². The lowest BCUT2D eigenvalue weighted by molar-refractivity contribution is -0.137. The number of nitrogens with one attached hydrogen (secondary N) is 2. The molecule has 1 fully saturated rings. The molecule has 2 aromatic carbocycles. The minimum atomic E-state index is -0.934. The van der Waals surface area contributed by atoms with Crippen LogP contribution in [0.3, 0.4) is 0 Å². The maximum Gasteiger partial charge on any atom is 0.407 e. The molecule has 7 nitrogen and oxygen atoms in total. The monoisotopic (exact) mass is 450 g/mol. The van der Waals surface area contributed by atoms with Crippen molar-refractivity contribution in [3.8, 4) is 11.1 Å². The smallest absolute Gasteiger partial charge is 0.407 e. The van der Waals surface area contributed by atoms with Crippen molar-refractivity contribution in [1.82, 2.24) is 10.6 Å². The predicted molar refractivity (Wildman–Crippen MR) is 124 cm³/mol. The Morgan fingerprint density at radius 3 is 2.30 bits per heavy atom. The second-order valence-corrected chi connectivity index (χ2v) is 9.12. The number of carboxylic acid groups (broad SMARTS) is 1. The van der Waals surface area contributed by atoms with Crippen LogP contribution in [0, 0.1) is 5.92 Å². The number of hydrogen-bond donors (Lipinski definition) is 3. The van der Waals surface area contributed by atoms with Crippen LogP contribution in [-0.2, 0) is 14.3 Å². The Kier molecular flexibility index (Phi) is 6.96. The fourth-order valence-electron chi connectivity index (χ4n) is 5.11. The minimum absolute atomic E-state index is 0.0186. The number of carbonyl (C=O) groups is 3. The summed E-state index contributed by atoms with van der Waals surface area (Å²) in [5.41, 5.74) is 4.74. The maximum atomic E-state index is 12.5. The van der Waals surface area contributed by atoms with Crippen LogP contribution in [0.4, 0.5) is 4.79 Å². The van der Waals surface area contributed by atoms with Gasteiger partial charge in [-0.25, -0.2) is 4.79 Å². The summed E-state index contributed by atoms with van der Waals surface area (Å²) < 4.78 is 5.62. The Morgan fingerprint density at radius 2 is 1.67 bits per heavy atom. The quantitative estimate of drug-likeness (QED) is 0.563. The lowest BCUT2D eigenvalue weighted by Crippen LogP contribution is -2.36. The molecule has 1 saturated carbocycles. The molecule has 0 bridgehead atoms. The number of aliphatic carboxylic acids is 1. The molecule has 0 heterocycles. The van der Waals surface area contributed by atoms with E-state index in [4.69, 9.17) is 9.84 Å². The molecule has 3 atom stereocenters. The van der Waals surface area contributed by atoms with Crippen LogP contribution in [0.1, 0.15) is 56.1 Å². The van der Waals surface area contributed by atoms with Gasteiger partial charge in [-0.15, -0.1) is 0 Å². The van der Waals surface area contributed by atoms with Gasteiger partial charge in [-0.2, -0.15) is 0 Å². The summed E-state index contributed by atoms with van der Waals surface area (Å²) in [6.45, 7) is 1.96. The molecule has 3 N–H and O–H groups in total. The Bertz CT molecular complexity index is 991. The summed E-state index contributed by atoms with van der Waals surface area (Å²) in [6, 6.07) is 16.0. The topological polar surface area (TPSA) is 105 Å². The van der Waals surface area contributed by atoms with Crippen LogP contribution in [0.5, 0.6) is 0 Å². The van der Waals surface area contributed by atoms with Gasteiger partial charge in [-0.3, -0.25) is 9.59 Å². The van der Waals surface area contributed by atoms with E-state index in [2.05, 4.69) is 34.9 Å². The van der Waals surface area contributed by atoms with Gasteiger partial charge < -0.3 is 20.5 Å². The van der Waals surface area contributed by atoms with E-state index in [0.717, 1.165) is 12.8 Å². The number of benzene rings is 2. The third-order valence-electron chi connectivity index (χ3n) is 6.57. The number of alkyl carbamates (subject to hydrolysis) is 1. The van der Waals surface area contributed by atoms with Crippen LogP contribution in [0.2, 0.25) is 0 Å². The first-order valence-corrected chi connectivity index (χ1v) is 11.5. The first kappa shape index (κ1) is 22.8. The molecule has 7 heteroatoms. The van der Waals surface area contributed by atoms with E-state index in [-0.39, 0.29) is 36.8 Å². The highest BCUT2D eigenvalue weighted by Crippen LogP contribution is 2.44. The zero-order valence-corrected chi connectivity index (χ0v) is 18.8. The van der Waals surface area contributed by atoms with Gasteiger partial charge in [0.1, 0.15) is 6.61 Å². The summed E-state index contributed by atoms with van der Waals surface area (Å²) in [4.78, 5) is 35.4. The van der Waals surface area contributed by atoms with Crippen molar-refractivity contribution in [3.05, 3.63) is 59.7 Å². The van der Waals surface area contributed by atoms with Gasteiger partial charge in [-0.05, 0) is 54.4 Å². The van der Waals surface area contributed by atoms with Crippen LogP contribution in [0.15, 0.2) is 48.5 Å². The Hall–Kier alpha value is -3.35. The van der Waals surface area contributed by atoms with Gasteiger partial charge in [0.2, 0.25) is 5.91 Å². The predicted octanol–water partition coefficient (Wildman–Crippen LogP) is 4.06. The van der Waals surface area contributed by atoms with Crippen LogP contribution in [0.25, 0.3) is 11.1 Å². The average Bonchev–Trinajstić information content (AvgIpc) is 3.33. The zero-order valence-electron chi connectivity index (χ0n) is 18.8. The standard InChI is InChI=1S/C26H30N2O5/c1-16(12-25(30)31)27-24(29)14-17-10-11-18(13-17)28-26(32)33-15-23-21-8-4-2-6-19(21)20-7-3-5-9-22(20)23/h2-9,16-18,23H,10-15H2,1H3,(H,27,29)(H,28,32)(H,30,31)/t16-,17+,18-/m1/s1. The summed E-state index contributed by atoms with van der Waals surface area (Å²) in [7, 11) is 0. The van der Waals surface area contributed by atoms with E-state index in [0.29, 0.717) is 12.8 Å². The molecule has 0 spiro atoms. The second kappa shape index (κ2) is 10.1. The van der Waals surface area contributed by atoms with E-state index in [1.807, 2.05) is 24.3 Å². The highest BCUT2D eigenvalue weighted by Gasteiger charge is 2.31. The normalized spacial score (nSPS) is 19.9. The third kappa shape index (κ3) is 5.53. The van der Waals surface area contributed by atoms with E-state index in [9.17, 15) is 14.4 Å².